The molecule has 6 aliphatic rings. The maximum absolute atomic E-state index is 15.4. The van der Waals surface area contributed by atoms with E-state index in [2.05, 4.69) is 32.2 Å². The number of esters is 2. The molecule has 7 N–H and O–H groups in total. The number of para-hydroxylation sites is 1. The van der Waals surface area contributed by atoms with E-state index in [0.717, 1.165) is 33.4 Å². The Balaban J connectivity index is 1.25. The number of aliphatic hydroxyl groups is 3. The minimum absolute atomic E-state index is 0.0260. The third-order valence-electron chi connectivity index (χ3n) is 16.4. The number of hydrogen-bond donors (Lipinski definition) is 6. The van der Waals surface area contributed by atoms with Crippen LogP contribution in [-0.4, -0.2) is 151 Å². The molecule has 1 amide bonds. The smallest absolute Gasteiger partial charge is 0.322 e. The van der Waals surface area contributed by atoms with Crippen molar-refractivity contribution in [1.82, 2.24) is 20.1 Å². The number of fused-ring (bicyclic) bond motifs is 6. The molecule has 11 atom stereocenters. The molecule has 3 aromatic rings. The second-order valence-corrected chi connectivity index (χ2v) is 19.7. The molecule has 5 aliphatic heterocycles. The van der Waals surface area contributed by atoms with Crippen molar-refractivity contribution < 1.29 is 43.9 Å². The summed E-state index contributed by atoms with van der Waals surface area (Å²) >= 11 is 0. The van der Waals surface area contributed by atoms with E-state index in [9.17, 15) is 24.9 Å². The van der Waals surface area contributed by atoms with Gasteiger partial charge in [0.2, 0.25) is 0 Å². The van der Waals surface area contributed by atoms with Gasteiger partial charge < -0.3 is 50.5 Å². The number of nitrogens with zero attached hydrogens (tertiary/aromatic N) is 3. The van der Waals surface area contributed by atoms with E-state index in [-0.39, 0.29) is 31.5 Å². The highest BCUT2D eigenvalue weighted by Gasteiger charge is 2.78. The first-order valence-corrected chi connectivity index (χ1v) is 23.2. The largest absolute Gasteiger partial charge is 0.496 e. The zero-order valence-corrected chi connectivity index (χ0v) is 38.1. The lowest BCUT2D eigenvalue weighted by molar-refractivity contribution is -0.203. The average Bonchev–Trinajstić information content (AvgIpc) is 3.95. The van der Waals surface area contributed by atoms with E-state index in [1.54, 1.807) is 14.0 Å². The van der Waals surface area contributed by atoms with Crippen molar-refractivity contribution in [3.8, 4) is 5.75 Å². The molecular formula is C49H66N6O9. The molecule has 0 radical (unpaired) electrons. The topological polar surface area (TPSA) is 203 Å². The maximum atomic E-state index is 15.4. The zero-order valence-electron chi connectivity index (χ0n) is 38.1. The van der Waals surface area contributed by atoms with Crippen LogP contribution >= 0.6 is 0 Å². The van der Waals surface area contributed by atoms with E-state index in [1.165, 1.54) is 7.11 Å². The fraction of sp³-hybridized carbons (Fsp3) is 0.612. The monoisotopic (exact) mass is 882 g/mol. The summed E-state index contributed by atoms with van der Waals surface area (Å²) in [6.07, 6.45) is 5.87. The summed E-state index contributed by atoms with van der Waals surface area (Å²) in [6, 6.07) is 10.1. The molecule has 15 heteroatoms. The van der Waals surface area contributed by atoms with Crippen LogP contribution in [0.4, 0.5) is 5.69 Å². The number of aromatic amines is 1. The van der Waals surface area contributed by atoms with Gasteiger partial charge in [0.25, 0.3) is 5.91 Å². The molecule has 15 nitrogen and oxygen atoms in total. The number of aliphatic hydroxyl groups excluding tert-OH is 1. The fourth-order valence-electron chi connectivity index (χ4n) is 13.8. The summed E-state index contributed by atoms with van der Waals surface area (Å²) in [7, 11) is 4.89. The Morgan fingerprint density at radius 3 is 2.55 bits per heavy atom. The van der Waals surface area contributed by atoms with Gasteiger partial charge in [0.1, 0.15) is 23.3 Å². The highest BCUT2D eigenvalue weighted by atomic mass is 16.5. The van der Waals surface area contributed by atoms with Crippen molar-refractivity contribution in [1.29, 1.82) is 0 Å². The van der Waals surface area contributed by atoms with Gasteiger partial charge in [-0.25, -0.2) is 0 Å². The summed E-state index contributed by atoms with van der Waals surface area (Å²) in [5.74, 6) is -1.37. The molecule has 2 saturated heterocycles. The number of nitrogens with two attached hydrogens (primary N) is 1. The van der Waals surface area contributed by atoms with E-state index >= 15 is 4.79 Å². The van der Waals surface area contributed by atoms with Crippen LogP contribution in [0.25, 0.3) is 10.9 Å². The van der Waals surface area contributed by atoms with E-state index in [4.69, 9.17) is 19.9 Å². The Morgan fingerprint density at radius 2 is 1.83 bits per heavy atom. The Labute approximate surface area is 375 Å². The zero-order chi connectivity index (χ0) is 45.6. The van der Waals surface area contributed by atoms with Crippen LogP contribution in [0.5, 0.6) is 5.75 Å². The molecule has 1 spiro atoms. The van der Waals surface area contributed by atoms with Gasteiger partial charge in [0.15, 0.2) is 5.60 Å². The van der Waals surface area contributed by atoms with Gasteiger partial charge in [-0.15, -0.1) is 0 Å². The van der Waals surface area contributed by atoms with Gasteiger partial charge >= 0.3 is 11.9 Å². The number of piperidine rings is 1. The van der Waals surface area contributed by atoms with Crippen molar-refractivity contribution in [2.45, 2.75) is 112 Å². The van der Waals surface area contributed by atoms with Crippen LogP contribution in [0.2, 0.25) is 0 Å². The number of carbonyl (C=O) groups excluding carboxylic acids is 3. The van der Waals surface area contributed by atoms with Crippen LogP contribution in [0.1, 0.15) is 81.7 Å². The van der Waals surface area contributed by atoms with Crippen LogP contribution in [0.15, 0.2) is 48.6 Å². The highest BCUT2D eigenvalue weighted by Crippen LogP contribution is 2.67. The first-order valence-electron chi connectivity index (χ1n) is 23.2. The molecule has 9 rings (SSSR count). The van der Waals surface area contributed by atoms with Gasteiger partial charge in [-0.3, -0.25) is 24.2 Å². The van der Waals surface area contributed by atoms with Crippen molar-refractivity contribution in [2.24, 2.45) is 17.1 Å². The van der Waals surface area contributed by atoms with Crippen LogP contribution < -0.4 is 20.7 Å². The number of carbonyl (C=O) groups is 3. The van der Waals surface area contributed by atoms with E-state index < -0.39 is 63.5 Å². The van der Waals surface area contributed by atoms with Crippen molar-refractivity contribution >= 4 is 34.4 Å². The number of likely N-dealkylation sites (N-methyl/N-ethyl adjacent to an activating group) is 1. The van der Waals surface area contributed by atoms with Crippen molar-refractivity contribution in [3.63, 3.8) is 0 Å². The predicted octanol–water partition coefficient (Wildman–Crippen LogP) is 2.64. The lowest BCUT2D eigenvalue weighted by atomic mass is 9.47. The number of amides is 1. The van der Waals surface area contributed by atoms with Gasteiger partial charge in [0, 0.05) is 90.6 Å². The summed E-state index contributed by atoms with van der Waals surface area (Å²) in [5, 5.41) is 42.1. The minimum Gasteiger partial charge on any atom is -0.496 e. The number of methoxy groups -OCH3 is 2. The van der Waals surface area contributed by atoms with Crippen molar-refractivity contribution in [3.05, 3.63) is 70.9 Å². The van der Waals surface area contributed by atoms with Gasteiger partial charge in [0.05, 0.1) is 32.5 Å². The molecule has 1 saturated carbocycles. The second-order valence-electron chi connectivity index (χ2n) is 19.7. The van der Waals surface area contributed by atoms with Crippen LogP contribution in [0, 0.1) is 11.3 Å². The number of hydrogen-bond acceptors (Lipinski definition) is 13. The molecule has 7 unspecified atom stereocenters. The molecule has 2 bridgehead atoms. The lowest BCUT2D eigenvalue weighted by Crippen LogP contribution is -2.81. The number of aromatic nitrogens is 1. The van der Waals surface area contributed by atoms with E-state index in [1.807, 2.05) is 62.2 Å². The quantitative estimate of drug-likeness (QED) is 0.0934. The Bertz CT molecular complexity index is 2370. The SMILES string of the molecule is CCC1(O)CC2CN(CCc3c([nH]c4ccccc34)C(C(=O)OC)(c3cc4c(cc3OC)N(C)C3C45CCN4CC=C[C@](CC)(C45)[C@@H](O)[C@]3(O)C(=O)NCCCOC(=O)[C@H](C)N)C2)C1. The number of rotatable bonds is 11. The molecule has 64 heavy (non-hydrogen) atoms. The fourth-order valence-corrected chi connectivity index (χ4v) is 13.8. The summed E-state index contributed by atoms with van der Waals surface area (Å²) in [6.45, 7) is 8.91. The summed E-state index contributed by atoms with van der Waals surface area (Å²) in [5.41, 5.74) is 3.88. The number of anilines is 1. The first kappa shape index (κ1) is 44.7. The molecule has 6 heterocycles. The minimum atomic E-state index is -2.33. The molecule has 3 fully saturated rings. The third kappa shape index (κ3) is 6.24. The molecular weight excluding hydrogens is 817 g/mol. The second kappa shape index (κ2) is 16.1. The third-order valence-corrected chi connectivity index (χ3v) is 16.4. The highest BCUT2D eigenvalue weighted by molar-refractivity contribution is 5.95. The number of nitrogens with one attached hydrogen (secondary N) is 2. The predicted molar refractivity (Wildman–Crippen MR) is 241 cm³/mol. The van der Waals surface area contributed by atoms with Gasteiger partial charge in [-0.05, 0) is 87.6 Å². The Hall–Kier alpha value is -4.51. The van der Waals surface area contributed by atoms with Gasteiger partial charge in [-0.2, -0.15) is 0 Å². The van der Waals surface area contributed by atoms with Crippen LogP contribution in [0.3, 0.4) is 0 Å². The summed E-state index contributed by atoms with van der Waals surface area (Å²) < 4.78 is 17.6. The molecule has 2 aromatic carbocycles. The molecule has 346 valence electrons. The van der Waals surface area contributed by atoms with E-state index in [0.29, 0.717) is 82.6 Å². The first-order chi connectivity index (χ1) is 30.6. The normalized spacial score (nSPS) is 35.5. The molecule has 1 aliphatic carbocycles. The number of ether oxygens (including phenoxy) is 3. The maximum Gasteiger partial charge on any atom is 0.322 e. The number of benzene rings is 2. The van der Waals surface area contributed by atoms with Crippen molar-refractivity contribution in [2.75, 3.05) is 72.0 Å². The summed E-state index contributed by atoms with van der Waals surface area (Å²) in [4.78, 5) is 52.7. The Morgan fingerprint density at radius 1 is 1.05 bits per heavy atom. The standard InChI is InChI=1S/C49H66N6O9/c1-7-45(60)25-30-26-48(44(59)63-6,38-32(15-20-54(27-30)28-45)31-13-9-10-14-35(31)52-38)34-23-33-36(24-37(34)62-5)53(4)41-47(33)17-21-55-19-11-16-46(8-2,40(47)55)42(57)49(41,61)43(58)51-18-12-22-64-39(56)29(3)50/h9-11,13-14,16,23-24,29-30,40-42,52,57,60-61H,7-8,12,15,17-22,25-28,50H2,1-6H3,(H,51,58)/t29-,30?,40?,41?,42+,45?,46+,47?,48?,49-/m0/s1. The average molecular weight is 883 g/mol. The lowest BCUT2D eigenvalue weighted by Gasteiger charge is -2.63. The Kier molecular flexibility index (Phi) is 11.3. The molecule has 1 aromatic heterocycles. The van der Waals surface area contributed by atoms with Crippen LogP contribution in [-0.2, 0) is 41.1 Å². The number of H-pyrrole nitrogens is 1. The van der Waals surface area contributed by atoms with Gasteiger partial charge in [-0.1, -0.05) is 44.2 Å².